The van der Waals surface area contributed by atoms with Crippen molar-refractivity contribution >= 4 is 17.1 Å². The summed E-state index contributed by atoms with van der Waals surface area (Å²) in [5.41, 5.74) is -0.551. The van der Waals surface area contributed by atoms with E-state index in [1.54, 1.807) is 18.3 Å². The van der Waals surface area contributed by atoms with Gasteiger partial charge in [-0.1, -0.05) is 19.3 Å². The average Bonchev–Trinajstić information content (AvgIpc) is 2.70. The van der Waals surface area contributed by atoms with Crippen LogP contribution in [0.4, 0.5) is 0 Å². The van der Waals surface area contributed by atoms with Gasteiger partial charge < -0.3 is 10.2 Å². The van der Waals surface area contributed by atoms with Crippen LogP contribution in [-0.4, -0.2) is 51.1 Å². The monoisotopic (exact) mass is 373 g/mol. The summed E-state index contributed by atoms with van der Waals surface area (Å²) in [6, 6.07) is 3.96. The molecule has 0 saturated heterocycles. The lowest BCUT2D eigenvalue weighted by Crippen LogP contribution is -2.44. The summed E-state index contributed by atoms with van der Waals surface area (Å²) >= 11 is 0. The SMILES string of the molecule is CN(CCNC(=O)Cn1c(=O)c(=O)n(C)c2ncccc21)C1CCCCC1. The molecule has 0 aromatic carbocycles. The van der Waals surface area contributed by atoms with E-state index >= 15 is 0 Å². The van der Waals surface area contributed by atoms with Crippen molar-refractivity contribution in [3.8, 4) is 0 Å². The Morgan fingerprint density at radius 3 is 2.74 bits per heavy atom. The molecule has 8 nitrogen and oxygen atoms in total. The Labute approximate surface area is 157 Å². The Bertz CT molecular complexity index is 927. The van der Waals surface area contributed by atoms with E-state index in [1.807, 2.05) is 0 Å². The van der Waals surface area contributed by atoms with E-state index in [0.717, 1.165) is 6.54 Å². The predicted molar refractivity (Wildman–Crippen MR) is 104 cm³/mol. The molecule has 0 spiro atoms. The van der Waals surface area contributed by atoms with E-state index < -0.39 is 11.1 Å². The number of carbonyl (C=O) groups is 1. The first-order valence-electron chi connectivity index (χ1n) is 9.50. The molecule has 1 aliphatic rings. The van der Waals surface area contributed by atoms with Crippen molar-refractivity contribution in [2.24, 2.45) is 7.05 Å². The summed E-state index contributed by atoms with van der Waals surface area (Å²) in [4.78, 5) is 43.2. The first-order chi connectivity index (χ1) is 13.0. The molecule has 3 rings (SSSR count). The molecule has 1 saturated carbocycles. The topological polar surface area (TPSA) is 89.2 Å². The van der Waals surface area contributed by atoms with Gasteiger partial charge in [0.25, 0.3) is 0 Å². The zero-order valence-corrected chi connectivity index (χ0v) is 16.0. The Morgan fingerprint density at radius 2 is 2.00 bits per heavy atom. The second kappa shape index (κ2) is 8.47. The second-order valence-corrected chi connectivity index (χ2v) is 7.22. The lowest BCUT2D eigenvalue weighted by molar-refractivity contribution is -0.121. The van der Waals surface area contributed by atoms with Crippen LogP contribution < -0.4 is 16.4 Å². The number of rotatable bonds is 6. The smallest absolute Gasteiger partial charge is 0.317 e. The molecule has 0 unspecified atom stereocenters. The van der Waals surface area contributed by atoms with Crippen LogP contribution >= 0.6 is 0 Å². The van der Waals surface area contributed by atoms with Gasteiger partial charge in [0, 0.05) is 32.4 Å². The molecule has 2 aromatic rings. The van der Waals surface area contributed by atoms with Crippen molar-refractivity contribution in [1.82, 2.24) is 24.3 Å². The molecular formula is C19H27N5O3. The summed E-state index contributed by atoms with van der Waals surface area (Å²) in [5, 5.41) is 2.86. The van der Waals surface area contributed by atoms with Crippen LogP contribution in [0.15, 0.2) is 27.9 Å². The van der Waals surface area contributed by atoms with E-state index in [2.05, 4.69) is 22.2 Å². The number of likely N-dealkylation sites (N-methyl/N-ethyl adjacent to an activating group) is 1. The number of amides is 1. The fourth-order valence-electron chi connectivity index (χ4n) is 3.75. The third-order valence-electron chi connectivity index (χ3n) is 5.39. The molecule has 146 valence electrons. The van der Waals surface area contributed by atoms with Crippen LogP contribution in [0.3, 0.4) is 0 Å². The molecule has 27 heavy (non-hydrogen) atoms. The second-order valence-electron chi connectivity index (χ2n) is 7.22. The van der Waals surface area contributed by atoms with Crippen LogP contribution in [-0.2, 0) is 18.4 Å². The Kier molecular flexibility index (Phi) is 6.05. The lowest BCUT2D eigenvalue weighted by Gasteiger charge is -2.31. The molecule has 0 radical (unpaired) electrons. The van der Waals surface area contributed by atoms with E-state index in [0.29, 0.717) is 23.8 Å². The van der Waals surface area contributed by atoms with E-state index in [9.17, 15) is 14.4 Å². The van der Waals surface area contributed by atoms with Crippen LogP contribution in [0, 0.1) is 0 Å². The molecule has 1 N–H and O–H groups in total. The maximum Gasteiger partial charge on any atom is 0.317 e. The maximum absolute atomic E-state index is 12.3. The van der Waals surface area contributed by atoms with Crippen molar-refractivity contribution < 1.29 is 4.79 Å². The molecule has 1 aliphatic carbocycles. The van der Waals surface area contributed by atoms with Crippen LogP contribution in [0.5, 0.6) is 0 Å². The van der Waals surface area contributed by atoms with Crippen molar-refractivity contribution in [3.63, 3.8) is 0 Å². The highest BCUT2D eigenvalue weighted by atomic mass is 16.2. The molecule has 0 bridgehead atoms. The maximum atomic E-state index is 12.3. The third-order valence-corrected chi connectivity index (χ3v) is 5.39. The molecule has 2 heterocycles. The zero-order chi connectivity index (χ0) is 19.4. The lowest BCUT2D eigenvalue weighted by atomic mass is 9.94. The van der Waals surface area contributed by atoms with E-state index in [1.165, 1.54) is 48.3 Å². The number of aryl methyl sites for hydroxylation is 1. The minimum absolute atomic E-state index is 0.190. The van der Waals surface area contributed by atoms with Gasteiger partial charge in [0.05, 0.1) is 5.52 Å². The fourth-order valence-corrected chi connectivity index (χ4v) is 3.75. The number of nitrogens with zero attached hydrogens (tertiary/aromatic N) is 4. The molecular weight excluding hydrogens is 346 g/mol. The highest BCUT2D eigenvalue weighted by Gasteiger charge is 2.18. The number of nitrogens with one attached hydrogen (secondary N) is 1. The highest BCUT2D eigenvalue weighted by Crippen LogP contribution is 2.21. The van der Waals surface area contributed by atoms with E-state index in [-0.39, 0.29) is 12.5 Å². The number of fused-ring (bicyclic) bond motifs is 1. The van der Waals surface area contributed by atoms with Crippen molar-refractivity contribution in [2.45, 2.75) is 44.7 Å². The summed E-state index contributed by atoms with van der Waals surface area (Å²) in [7, 11) is 3.59. The van der Waals surface area contributed by atoms with Gasteiger partial charge in [0.2, 0.25) is 5.91 Å². The number of aromatic nitrogens is 3. The predicted octanol–water partition coefficient (Wildman–Crippen LogP) is 0.476. The normalized spacial score (nSPS) is 15.4. The van der Waals surface area contributed by atoms with Gasteiger partial charge in [-0.05, 0) is 32.0 Å². The number of hydrogen-bond acceptors (Lipinski definition) is 5. The van der Waals surface area contributed by atoms with Gasteiger partial charge >= 0.3 is 11.1 Å². The Morgan fingerprint density at radius 1 is 1.26 bits per heavy atom. The van der Waals surface area contributed by atoms with Crippen LogP contribution in [0.2, 0.25) is 0 Å². The molecule has 1 fully saturated rings. The van der Waals surface area contributed by atoms with Gasteiger partial charge in [0.1, 0.15) is 6.54 Å². The van der Waals surface area contributed by atoms with Gasteiger partial charge in [-0.15, -0.1) is 0 Å². The Hall–Kier alpha value is -2.48. The first-order valence-corrected chi connectivity index (χ1v) is 9.50. The van der Waals surface area contributed by atoms with Gasteiger partial charge in [-0.25, -0.2) is 4.98 Å². The van der Waals surface area contributed by atoms with Crippen LogP contribution in [0.1, 0.15) is 32.1 Å². The summed E-state index contributed by atoms with van der Waals surface area (Å²) in [6.07, 6.45) is 7.84. The molecule has 1 amide bonds. The average molecular weight is 373 g/mol. The Balaban J connectivity index is 1.64. The highest BCUT2D eigenvalue weighted by molar-refractivity contribution is 5.78. The molecule has 2 aromatic heterocycles. The van der Waals surface area contributed by atoms with Gasteiger partial charge in [-0.3, -0.25) is 23.5 Å². The molecule has 8 heteroatoms. The van der Waals surface area contributed by atoms with Crippen LogP contribution in [0.25, 0.3) is 11.2 Å². The third kappa shape index (κ3) is 4.27. The standard InChI is InChI=1S/C19H27N5O3/c1-22(14-7-4-3-5-8-14)12-11-20-16(25)13-24-15-9-6-10-21-17(15)23(2)18(26)19(24)27/h6,9-10,14H,3-5,7-8,11-13H2,1-2H3,(H,20,25). The van der Waals surface area contributed by atoms with Crippen molar-refractivity contribution in [1.29, 1.82) is 0 Å². The van der Waals surface area contributed by atoms with Gasteiger partial charge in [0.15, 0.2) is 5.65 Å². The molecule has 0 atom stereocenters. The van der Waals surface area contributed by atoms with E-state index in [4.69, 9.17) is 0 Å². The zero-order valence-electron chi connectivity index (χ0n) is 16.0. The quantitative estimate of drug-likeness (QED) is 0.744. The largest absolute Gasteiger partial charge is 0.353 e. The summed E-state index contributed by atoms with van der Waals surface area (Å²) in [5.74, 6) is -0.285. The van der Waals surface area contributed by atoms with Crippen molar-refractivity contribution in [2.75, 3.05) is 20.1 Å². The van der Waals surface area contributed by atoms with Crippen molar-refractivity contribution in [3.05, 3.63) is 39.0 Å². The molecule has 0 aliphatic heterocycles. The fraction of sp³-hybridized carbons (Fsp3) is 0.579. The number of carbonyl (C=O) groups excluding carboxylic acids is 1. The first kappa shape index (κ1) is 19.3. The summed E-state index contributed by atoms with van der Waals surface area (Å²) in [6.45, 7) is 1.09. The minimum atomic E-state index is -0.715. The van der Waals surface area contributed by atoms with Gasteiger partial charge in [-0.2, -0.15) is 0 Å². The number of hydrogen-bond donors (Lipinski definition) is 1. The number of pyridine rings is 1. The summed E-state index contributed by atoms with van der Waals surface area (Å²) < 4.78 is 2.41. The minimum Gasteiger partial charge on any atom is -0.353 e.